The quantitative estimate of drug-likeness (QED) is 0.648. The Hall–Kier alpha value is -2.13. The van der Waals surface area contributed by atoms with E-state index in [9.17, 15) is 4.39 Å². The van der Waals surface area contributed by atoms with Crippen LogP contribution in [0.1, 0.15) is 29.5 Å². The lowest BCUT2D eigenvalue weighted by molar-refractivity contribution is 0.630. The number of hydrogen-bond acceptors (Lipinski definition) is 1. The van der Waals surface area contributed by atoms with Crippen molar-refractivity contribution in [3.05, 3.63) is 58.9 Å². The fraction of sp³-hybridized carbons (Fsp3) is 0.300. The highest BCUT2D eigenvalue weighted by atomic mass is 19.1. The van der Waals surface area contributed by atoms with E-state index < -0.39 is 0 Å². The number of fused-ring (bicyclic) bond motifs is 1. The van der Waals surface area contributed by atoms with Crippen LogP contribution in [0.5, 0.6) is 0 Å². The molecule has 2 nitrogen and oxygen atoms in total. The molecule has 0 aliphatic rings. The molecule has 0 atom stereocenters. The number of rotatable bonds is 5. The number of nitrogens with one attached hydrogen (secondary N) is 1. The molecule has 0 fully saturated rings. The molecule has 0 radical (unpaired) electrons. The highest BCUT2D eigenvalue weighted by molar-refractivity contribution is 5.95. The maximum Gasteiger partial charge on any atom is 0.132 e. The van der Waals surface area contributed by atoms with Crippen LogP contribution in [0.25, 0.3) is 22.2 Å². The van der Waals surface area contributed by atoms with Crippen molar-refractivity contribution < 1.29 is 4.39 Å². The second-order valence-corrected chi connectivity index (χ2v) is 6.15. The molecule has 2 aromatic carbocycles. The van der Waals surface area contributed by atoms with Gasteiger partial charge in [-0.15, -0.1) is 0 Å². The van der Waals surface area contributed by atoms with Gasteiger partial charge in [0.05, 0.1) is 5.69 Å². The number of aryl methyl sites for hydroxylation is 3. The van der Waals surface area contributed by atoms with Crippen molar-refractivity contribution in [1.29, 1.82) is 0 Å². The first-order valence-electron chi connectivity index (χ1n) is 8.19. The van der Waals surface area contributed by atoms with E-state index in [1.54, 1.807) is 6.07 Å². The summed E-state index contributed by atoms with van der Waals surface area (Å²) < 4.78 is 14.3. The second kappa shape index (κ2) is 6.55. The van der Waals surface area contributed by atoms with Gasteiger partial charge in [0.15, 0.2) is 0 Å². The zero-order chi connectivity index (χ0) is 16.4. The Morgan fingerprint density at radius 3 is 2.48 bits per heavy atom. The first-order chi connectivity index (χ1) is 11.1. The van der Waals surface area contributed by atoms with Gasteiger partial charge in [-0.2, -0.15) is 0 Å². The molecule has 0 spiro atoms. The van der Waals surface area contributed by atoms with Crippen LogP contribution in [0.15, 0.2) is 36.4 Å². The normalized spacial score (nSPS) is 11.3. The molecule has 23 heavy (non-hydrogen) atoms. The second-order valence-electron chi connectivity index (χ2n) is 6.15. The number of aromatic amines is 1. The highest BCUT2D eigenvalue weighted by Gasteiger charge is 2.17. The van der Waals surface area contributed by atoms with E-state index in [0.29, 0.717) is 12.1 Å². The molecule has 3 N–H and O–H groups in total. The molecule has 0 unspecified atom stereocenters. The SMILES string of the molecule is Cc1ccc(C)c2c(CCCCN)c(-c3ccccc3F)[nH]c12. The van der Waals surface area contributed by atoms with Gasteiger partial charge in [-0.25, -0.2) is 4.39 Å². The number of hydrogen-bond donors (Lipinski definition) is 2. The zero-order valence-electron chi connectivity index (χ0n) is 13.7. The maximum atomic E-state index is 14.3. The van der Waals surface area contributed by atoms with Gasteiger partial charge in [0.2, 0.25) is 0 Å². The molecular formula is C20H23FN2. The van der Waals surface area contributed by atoms with Crippen molar-refractivity contribution in [1.82, 2.24) is 4.98 Å². The molecule has 0 saturated carbocycles. The Balaban J connectivity index is 2.24. The Morgan fingerprint density at radius 2 is 1.74 bits per heavy atom. The first-order valence-corrected chi connectivity index (χ1v) is 8.19. The lowest BCUT2D eigenvalue weighted by atomic mass is 9.97. The molecule has 3 rings (SSSR count). The molecule has 3 aromatic rings. The van der Waals surface area contributed by atoms with E-state index in [4.69, 9.17) is 5.73 Å². The summed E-state index contributed by atoms with van der Waals surface area (Å²) in [7, 11) is 0. The van der Waals surface area contributed by atoms with Crippen LogP contribution in [0.2, 0.25) is 0 Å². The molecule has 1 heterocycles. The molecule has 1 aromatic heterocycles. The van der Waals surface area contributed by atoms with Crippen LogP contribution in [-0.2, 0) is 6.42 Å². The van der Waals surface area contributed by atoms with Crippen LogP contribution < -0.4 is 5.73 Å². The number of benzene rings is 2. The van der Waals surface area contributed by atoms with Crippen LogP contribution in [0.4, 0.5) is 4.39 Å². The zero-order valence-corrected chi connectivity index (χ0v) is 13.7. The third-order valence-corrected chi connectivity index (χ3v) is 4.50. The van der Waals surface area contributed by atoms with E-state index >= 15 is 0 Å². The number of nitrogens with two attached hydrogens (primary N) is 1. The van der Waals surface area contributed by atoms with Crippen molar-refractivity contribution in [2.24, 2.45) is 5.73 Å². The third-order valence-electron chi connectivity index (χ3n) is 4.50. The number of halogens is 1. The predicted octanol–water partition coefficient (Wildman–Crippen LogP) is 4.87. The Bertz CT molecular complexity index is 833. The summed E-state index contributed by atoms with van der Waals surface area (Å²) in [5.41, 5.74) is 11.9. The standard InChI is InChI=1S/C20H23FN2/c1-13-10-11-14(2)19-18(13)16(8-5-6-12-22)20(23-19)15-7-3-4-9-17(15)21/h3-4,7,9-11,23H,5-6,8,12,22H2,1-2H3. The molecule has 120 valence electrons. The third kappa shape index (κ3) is 2.89. The van der Waals surface area contributed by atoms with E-state index in [-0.39, 0.29) is 5.82 Å². The summed E-state index contributed by atoms with van der Waals surface area (Å²) in [6.07, 6.45) is 2.90. The molecule has 0 aliphatic heterocycles. The van der Waals surface area contributed by atoms with Gasteiger partial charge in [-0.05, 0) is 68.5 Å². The minimum absolute atomic E-state index is 0.186. The molecule has 0 bridgehead atoms. The van der Waals surface area contributed by atoms with Crippen LogP contribution in [-0.4, -0.2) is 11.5 Å². The summed E-state index contributed by atoms with van der Waals surface area (Å²) in [6.45, 7) is 4.90. The summed E-state index contributed by atoms with van der Waals surface area (Å²) in [5, 5.41) is 1.24. The van der Waals surface area contributed by atoms with Gasteiger partial charge >= 0.3 is 0 Å². The minimum Gasteiger partial charge on any atom is -0.354 e. The fourth-order valence-corrected chi connectivity index (χ4v) is 3.28. The smallest absolute Gasteiger partial charge is 0.132 e. The summed E-state index contributed by atoms with van der Waals surface area (Å²) >= 11 is 0. The summed E-state index contributed by atoms with van der Waals surface area (Å²) in [5.74, 6) is -0.186. The molecule has 0 saturated heterocycles. The number of aromatic nitrogens is 1. The van der Waals surface area contributed by atoms with E-state index in [0.717, 1.165) is 30.5 Å². The Morgan fingerprint density at radius 1 is 1.00 bits per heavy atom. The van der Waals surface area contributed by atoms with Crippen LogP contribution in [0.3, 0.4) is 0 Å². The van der Waals surface area contributed by atoms with Gasteiger partial charge in [0.25, 0.3) is 0 Å². The lowest BCUT2D eigenvalue weighted by Gasteiger charge is -2.07. The van der Waals surface area contributed by atoms with Crippen molar-refractivity contribution in [2.75, 3.05) is 6.54 Å². The van der Waals surface area contributed by atoms with Gasteiger partial charge in [0, 0.05) is 16.5 Å². The first kappa shape index (κ1) is 15.8. The van der Waals surface area contributed by atoms with Gasteiger partial charge in [-0.1, -0.05) is 24.3 Å². The topological polar surface area (TPSA) is 41.8 Å². The largest absolute Gasteiger partial charge is 0.354 e. The predicted molar refractivity (Wildman–Crippen MR) is 95.2 cm³/mol. The summed E-state index contributed by atoms with van der Waals surface area (Å²) in [6, 6.07) is 11.2. The van der Waals surface area contributed by atoms with Crippen molar-refractivity contribution >= 4 is 10.9 Å². The average molecular weight is 310 g/mol. The average Bonchev–Trinajstić information content (AvgIpc) is 2.92. The molecular weight excluding hydrogens is 287 g/mol. The Labute approximate surface area is 136 Å². The highest BCUT2D eigenvalue weighted by Crippen LogP contribution is 2.35. The minimum atomic E-state index is -0.186. The molecule has 3 heteroatoms. The fourth-order valence-electron chi connectivity index (χ4n) is 3.28. The monoisotopic (exact) mass is 310 g/mol. The molecule has 0 amide bonds. The van der Waals surface area contributed by atoms with Gasteiger partial charge in [-0.3, -0.25) is 0 Å². The van der Waals surface area contributed by atoms with Crippen molar-refractivity contribution in [3.8, 4) is 11.3 Å². The number of H-pyrrole nitrogens is 1. The molecule has 0 aliphatic carbocycles. The van der Waals surface area contributed by atoms with E-state index in [1.807, 2.05) is 12.1 Å². The Kier molecular flexibility index (Phi) is 4.49. The summed E-state index contributed by atoms with van der Waals surface area (Å²) in [4.78, 5) is 3.49. The van der Waals surface area contributed by atoms with Crippen LogP contribution in [0, 0.1) is 19.7 Å². The van der Waals surface area contributed by atoms with E-state index in [2.05, 4.69) is 31.0 Å². The van der Waals surface area contributed by atoms with Crippen molar-refractivity contribution in [3.63, 3.8) is 0 Å². The lowest BCUT2D eigenvalue weighted by Crippen LogP contribution is -1.99. The van der Waals surface area contributed by atoms with Crippen molar-refractivity contribution in [2.45, 2.75) is 33.1 Å². The maximum absolute atomic E-state index is 14.3. The van der Waals surface area contributed by atoms with Crippen LogP contribution >= 0.6 is 0 Å². The van der Waals surface area contributed by atoms with E-state index in [1.165, 1.54) is 28.1 Å². The number of unbranched alkanes of at least 4 members (excludes halogenated alkanes) is 1. The van der Waals surface area contributed by atoms with Gasteiger partial charge in [0.1, 0.15) is 5.82 Å². The van der Waals surface area contributed by atoms with Gasteiger partial charge < -0.3 is 10.7 Å².